The van der Waals surface area contributed by atoms with Gasteiger partial charge < -0.3 is 0 Å². The topological polar surface area (TPSA) is 0 Å². The van der Waals surface area contributed by atoms with Crippen LogP contribution in [0, 0.1) is 5.41 Å². The maximum absolute atomic E-state index is 7.84. The van der Waals surface area contributed by atoms with Crippen molar-refractivity contribution in [3.05, 3.63) is 0 Å². The van der Waals surface area contributed by atoms with Crippen molar-refractivity contribution >= 4 is 0 Å². The van der Waals surface area contributed by atoms with E-state index in [4.69, 9.17) is 2.74 Å². The second kappa shape index (κ2) is 3.41. The minimum atomic E-state index is -0.984. The summed E-state index contributed by atoms with van der Waals surface area (Å²) in [6.07, 6.45) is 5.94. The molecule has 0 radical (unpaired) electrons. The molecule has 60 valence electrons. The van der Waals surface area contributed by atoms with E-state index in [2.05, 4.69) is 6.92 Å². The van der Waals surface area contributed by atoms with Gasteiger partial charge in [-0.1, -0.05) is 45.9 Å². The lowest BCUT2D eigenvalue weighted by Crippen LogP contribution is -2.21. The van der Waals surface area contributed by atoms with Gasteiger partial charge in [0, 0.05) is 2.74 Å². The minimum Gasteiger partial charge on any atom is -0.0649 e. The lowest BCUT2D eigenvalue weighted by molar-refractivity contribution is 0.173. The Morgan fingerprint density at radius 2 is 1.80 bits per heavy atom. The van der Waals surface area contributed by atoms with Gasteiger partial charge in [0.25, 0.3) is 0 Å². The second-order valence-electron chi connectivity index (χ2n) is 3.44. The molecule has 0 N–H and O–H groups in total. The van der Waals surface area contributed by atoms with Gasteiger partial charge in [-0.3, -0.25) is 0 Å². The molecule has 1 saturated carbocycles. The first-order valence-corrected chi connectivity index (χ1v) is 4.52. The van der Waals surface area contributed by atoms with Crippen LogP contribution in [0.5, 0.6) is 0 Å². The van der Waals surface area contributed by atoms with E-state index in [0.717, 1.165) is 19.3 Å². The molecule has 0 bridgehead atoms. The van der Waals surface area contributed by atoms with Crippen LogP contribution in [0.15, 0.2) is 0 Å². The monoisotopic (exact) mass is 142 g/mol. The van der Waals surface area contributed by atoms with Crippen molar-refractivity contribution in [1.29, 1.82) is 0 Å². The number of hydrogen-bond donors (Lipinski definition) is 0. The van der Waals surface area contributed by atoms with Crippen LogP contribution in [0.25, 0.3) is 0 Å². The Kier molecular flexibility index (Phi) is 1.92. The van der Waals surface area contributed by atoms with Crippen molar-refractivity contribution in [3.8, 4) is 0 Å². The van der Waals surface area contributed by atoms with Gasteiger partial charge >= 0.3 is 0 Å². The van der Waals surface area contributed by atoms with Crippen molar-refractivity contribution < 1.29 is 2.74 Å². The standard InChI is InChI=1S/C10H20/c1-3-10(4-2)8-6-5-7-9-10/h3-9H2,1-2H3/i3D2. The van der Waals surface area contributed by atoms with Gasteiger partial charge in [0.05, 0.1) is 0 Å². The summed E-state index contributed by atoms with van der Waals surface area (Å²) in [7, 11) is 0. The van der Waals surface area contributed by atoms with Crippen LogP contribution in [0.1, 0.15) is 61.5 Å². The average molecular weight is 142 g/mol. The Labute approximate surface area is 67.8 Å². The third-order valence-electron chi connectivity index (χ3n) is 3.02. The van der Waals surface area contributed by atoms with Gasteiger partial charge in [0.15, 0.2) is 0 Å². The molecule has 0 amide bonds. The van der Waals surface area contributed by atoms with Crippen LogP contribution in [0.2, 0.25) is 0 Å². The molecule has 0 atom stereocenters. The van der Waals surface area contributed by atoms with Gasteiger partial charge in [0.2, 0.25) is 0 Å². The third kappa shape index (κ3) is 1.53. The highest BCUT2D eigenvalue weighted by Crippen LogP contribution is 2.41. The molecule has 1 fully saturated rings. The first-order chi connectivity index (χ1) is 5.52. The highest BCUT2D eigenvalue weighted by Gasteiger charge is 2.27. The molecule has 0 spiro atoms. The molecule has 0 heteroatoms. The van der Waals surface area contributed by atoms with Crippen molar-refractivity contribution in [2.75, 3.05) is 0 Å². The molecule has 0 saturated heterocycles. The Bertz CT molecular complexity index is 140. The molecular formula is C10H20. The molecule has 1 rings (SSSR count). The van der Waals surface area contributed by atoms with Crippen molar-refractivity contribution in [2.45, 2.75) is 58.7 Å². The number of rotatable bonds is 2. The smallest absolute Gasteiger partial charge is 0.0269 e. The molecular weight excluding hydrogens is 120 g/mol. The van der Waals surface area contributed by atoms with E-state index in [9.17, 15) is 0 Å². The van der Waals surface area contributed by atoms with Crippen LogP contribution in [-0.2, 0) is 0 Å². The summed E-state index contributed by atoms with van der Waals surface area (Å²) in [5, 5.41) is 0. The predicted molar refractivity (Wildman–Crippen MR) is 46.1 cm³/mol. The lowest BCUT2D eigenvalue weighted by atomic mass is 9.71. The molecule has 0 aromatic rings. The second-order valence-corrected chi connectivity index (χ2v) is 3.44. The van der Waals surface area contributed by atoms with Crippen molar-refractivity contribution in [2.24, 2.45) is 5.41 Å². The van der Waals surface area contributed by atoms with Gasteiger partial charge in [-0.2, -0.15) is 0 Å². The van der Waals surface area contributed by atoms with E-state index < -0.39 is 6.37 Å². The molecule has 1 aliphatic rings. The van der Waals surface area contributed by atoms with E-state index in [1.807, 2.05) is 0 Å². The van der Waals surface area contributed by atoms with Crippen LogP contribution in [0.3, 0.4) is 0 Å². The zero-order valence-corrected chi connectivity index (χ0v) is 7.24. The fraction of sp³-hybridized carbons (Fsp3) is 1.00. The normalized spacial score (nSPS) is 29.0. The largest absolute Gasteiger partial charge is 0.0649 e. The van der Waals surface area contributed by atoms with Crippen molar-refractivity contribution in [1.82, 2.24) is 0 Å². The maximum atomic E-state index is 7.84. The van der Waals surface area contributed by atoms with Crippen LogP contribution in [-0.4, -0.2) is 0 Å². The van der Waals surface area contributed by atoms with Gasteiger partial charge in [-0.15, -0.1) is 0 Å². The summed E-state index contributed by atoms with van der Waals surface area (Å²) in [6, 6.07) is 0. The van der Waals surface area contributed by atoms with E-state index in [0.29, 0.717) is 0 Å². The van der Waals surface area contributed by atoms with Crippen LogP contribution in [0.4, 0.5) is 0 Å². The summed E-state index contributed by atoms with van der Waals surface area (Å²) in [4.78, 5) is 0. The fourth-order valence-corrected chi connectivity index (χ4v) is 2.01. The fourth-order valence-electron chi connectivity index (χ4n) is 2.01. The Morgan fingerprint density at radius 3 is 2.10 bits per heavy atom. The zero-order chi connectivity index (χ0) is 9.24. The average Bonchev–Trinajstić information content (AvgIpc) is 2.04. The first-order valence-electron chi connectivity index (χ1n) is 5.52. The zero-order valence-electron chi connectivity index (χ0n) is 9.24. The number of hydrogen-bond acceptors (Lipinski definition) is 0. The van der Waals surface area contributed by atoms with Gasteiger partial charge in [-0.25, -0.2) is 0 Å². The Hall–Kier alpha value is 0. The molecule has 0 aromatic carbocycles. The van der Waals surface area contributed by atoms with Crippen molar-refractivity contribution in [3.63, 3.8) is 0 Å². The molecule has 0 heterocycles. The SMILES string of the molecule is [2H]C([2H])(C)C1(CC)CCCCC1. The quantitative estimate of drug-likeness (QED) is 0.550. The summed E-state index contributed by atoms with van der Waals surface area (Å²) in [5.74, 6) is 0. The van der Waals surface area contributed by atoms with E-state index in [1.54, 1.807) is 6.92 Å². The maximum Gasteiger partial charge on any atom is 0.0269 e. The summed E-state index contributed by atoms with van der Waals surface area (Å²) in [5.41, 5.74) is -0.00868. The van der Waals surface area contributed by atoms with Crippen LogP contribution >= 0.6 is 0 Å². The lowest BCUT2D eigenvalue weighted by Gasteiger charge is -2.35. The van der Waals surface area contributed by atoms with E-state index in [-0.39, 0.29) is 5.41 Å². The third-order valence-corrected chi connectivity index (χ3v) is 3.02. The Morgan fingerprint density at radius 1 is 1.20 bits per heavy atom. The predicted octanol–water partition coefficient (Wildman–Crippen LogP) is 3.76. The molecule has 0 aromatic heterocycles. The molecule has 10 heavy (non-hydrogen) atoms. The molecule has 0 unspecified atom stereocenters. The first kappa shape index (κ1) is 5.62. The van der Waals surface area contributed by atoms with Gasteiger partial charge in [-0.05, 0) is 18.3 Å². The van der Waals surface area contributed by atoms with E-state index in [1.165, 1.54) is 19.3 Å². The summed E-state index contributed by atoms with van der Waals surface area (Å²) < 4.78 is 15.7. The van der Waals surface area contributed by atoms with Crippen LogP contribution < -0.4 is 0 Å². The molecule has 0 aliphatic heterocycles. The summed E-state index contributed by atoms with van der Waals surface area (Å²) in [6.45, 7) is 3.88. The van der Waals surface area contributed by atoms with E-state index >= 15 is 0 Å². The molecule has 1 aliphatic carbocycles. The minimum absolute atomic E-state index is 0.00868. The summed E-state index contributed by atoms with van der Waals surface area (Å²) >= 11 is 0. The highest BCUT2D eigenvalue weighted by molar-refractivity contribution is 4.79. The highest BCUT2D eigenvalue weighted by atomic mass is 14.3. The Balaban J connectivity index is 2.73. The molecule has 0 nitrogen and oxygen atoms in total. The van der Waals surface area contributed by atoms with Gasteiger partial charge in [0.1, 0.15) is 0 Å².